The molecule has 1 aromatic carbocycles. The number of fused-ring (bicyclic) bond motifs is 6. The first kappa shape index (κ1) is 18.2. The van der Waals surface area contributed by atoms with Crippen LogP contribution in [0.4, 0.5) is 0 Å². The number of benzene rings is 1. The lowest BCUT2D eigenvalue weighted by molar-refractivity contribution is -0.139. The highest BCUT2D eigenvalue weighted by Gasteiger charge is 2.60. The Balaban J connectivity index is 1.33. The van der Waals surface area contributed by atoms with Crippen LogP contribution in [0.15, 0.2) is 30.6 Å². The van der Waals surface area contributed by atoms with E-state index >= 15 is 0 Å². The number of aromatic nitrogens is 2. The summed E-state index contributed by atoms with van der Waals surface area (Å²) in [6, 6.07) is 9.22. The molecule has 7 atom stereocenters. The van der Waals surface area contributed by atoms with Crippen LogP contribution in [0.2, 0.25) is 0 Å². The summed E-state index contributed by atoms with van der Waals surface area (Å²) in [5.41, 5.74) is 3.24. The average Bonchev–Trinajstić information content (AvgIpc) is 3.29. The second-order valence-corrected chi connectivity index (χ2v) is 11.2. The Morgan fingerprint density at radius 1 is 0.966 bits per heavy atom. The van der Waals surface area contributed by atoms with Crippen molar-refractivity contribution >= 4 is 16.8 Å². The van der Waals surface area contributed by atoms with Gasteiger partial charge in [0.2, 0.25) is 0 Å². The third-order valence-corrected chi connectivity index (χ3v) is 10.2. The Labute approximate surface area is 174 Å². The molecule has 154 valence electrons. The van der Waals surface area contributed by atoms with E-state index in [1.807, 2.05) is 0 Å². The van der Waals surface area contributed by atoms with Crippen molar-refractivity contribution in [2.24, 2.45) is 34.5 Å². The van der Waals surface area contributed by atoms with E-state index in [1.54, 1.807) is 0 Å². The number of nitrogens with zero attached hydrogens (tertiary/aromatic N) is 2. The molecule has 29 heavy (non-hydrogen) atoms. The van der Waals surface area contributed by atoms with Gasteiger partial charge in [-0.25, -0.2) is 4.98 Å². The minimum atomic E-state index is 0.387. The number of carbonyl (C=O) groups is 1. The van der Waals surface area contributed by atoms with Gasteiger partial charge in [0.1, 0.15) is 5.78 Å². The molecule has 0 saturated heterocycles. The van der Waals surface area contributed by atoms with E-state index < -0.39 is 0 Å². The van der Waals surface area contributed by atoms with Gasteiger partial charge in [0, 0.05) is 18.9 Å². The predicted octanol–water partition coefficient (Wildman–Crippen LogP) is 6.19. The fourth-order valence-electron chi connectivity index (χ4n) is 8.70. The minimum absolute atomic E-state index is 0.387. The highest BCUT2D eigenvalue weighted by molar-refractivity contribution is 5.79. The quantitative estimate of drug-likeness (QED) is 0.582. The van der Waals surface area contributed by atoms with Crippen molar-refractivity contribution < 1.29 is 4.79 Å². The number of para-hydroxylation sites is 2. The van der Waals surface area contributed by atoms with Gasteiger partial charge in [-0.2, -0.15) is 0 Å². The van der Waals surface area contributed by atoms with E-state index in [0.29, 0.717) is 28.6 Å². The summed E-state index contributed by atoms with van der Waals surface area (Å²) < 4.78 is 2.52. The number of hydrogen-bond acceptors (Lipinski definition) is 2. The number of hydrogen-bond donors (Lipinski definition) is 0. The monoisotopic (exact) mass is 390 g/mol. The van der Waals surface area contributed by atoms with Crippen LogP contribution in [0.1, 0.15) is 77.7 Å². The van der Waals surface area contributed by atoms with Crippen LogP contribution in [-0.2, 0) is 4.79 Å². The molecule has 2 aromatic rings. The van der Waals surface area contributed by atoms with Crippen LogP contribution < -0.4 is 0 Å². The lowest BCUT2D eigenvalue weighted by Crippen LogP contribution is -2.53. The smallest absolute Gasteiger partial charge is 0.133 e. The van der Waals surface area contributed by atoms with Crippen molar-refractivity contribution in [3.8, 4) is 0 Å². The van der Waals surface area contributed by atoms with E-state index in [9.17, 15) is 4.79 Å². The Morgan fingerprint density at radius 2 is 1.79 bits per heavy atom. The molecule has 4 saturated carbocycles. The zero-order chi connectivity index (χ0) is 19.8. The van der Waals surface area contributed by atoms with Crippen LogP contribution in [0, 0.1) is 34.5 Å². The van der Waals surface area contributed by atoms with Crippen LogP contribution >= 0.6 is 0 Å². The van der Waals surface area contributed by atoms with Crippen molar-refractivity contribution in [3.63, 3.8) is 0 Å². The summed E-state index contributed by atoms with van der Waals surface area (Å²) in [5.74, 6) is 3.72. The zero-order valence-corrected chi connectivity index (χ0v) is 17.9. The molecule has 4 fully saturated rings. The third-order valence-electron chi connectivity index (χ3n) is 10.2. The first-order chi connectivity index (χ1) is 14.0. The molecule has 3 nitrogen and oxygen atoms in total. The second-order valence-electron chi connectivity index (χ2n) is 11.2. The third kappa shape index (κ3) is 2.42. The first-order valence-electron chi connectivity index (χ1n) is 11.9. The van der Waals surface area contributed by atoms with Gasteiger partial charge in [-0.3, -0.25) is 4.79 Å². The standard InChI is InChI=1S/C26H34N2O/c1-25-13-11-18(29)15-17(25)7-8-19-20-9-10-24(26(20,2)14-12-21(19)25)28-16-27-22-5-3-4-6-23(22)28/h3-6,16-17,19-21,24H,7-15H2,1-2H3. The molecule has 0 N–H and O–H groups in total. The summed E-state index contributed by atoms with van der Waals surface area (Å²) in [4.78, 5) is 16.8. The molecular formula is C26H34N2O. The van der Waals surface area contributed by atoms with Crippen molar-refractivity contribution in [3.05, 3.63) is 30.6 Å². The van der Waals surface area contributed by atoms with Gasteiger partial charge in [-0.15, -0.1) is 0 Å². The summed E-state index contributed by atoms with van der Waals surface area (Å²) >= 11 is 0. The molecular weight excluding hydrogens is 356 g/mol. The molecule has 0 radical (unpaired) electrons. The van der Waals surface area contributed by atoms with E-state index in [2.05, 4.69) is 49.0 Å². The highest BCUT2D eigenvalue weighted by Crippen LogP contribution is 2.68. The molecule has 1 aromatic heterocycles. The minimum Gasteiger partial charge on any atom is -0.327 e. The van der Waals surface area contributed by atoms with Crippen LogP contribution in [-0.4, -0.2) is 15.3 Å². The molecule has 3 heteroatoms. The number of Topliss-reactive ketones (excluding diaryl/α,β-unsaturated/α-hetero) is 1. The van der Waals surface area contributed by atoms with Crippen LogP contribution in [0.25, 0.3) is 11.0 Å². The van der Waals surface area contributed by atoms with Crippen molar-refractivity contribution in [1.29, 1.82) is 0 Å². The van der Waals surface area contributed by atoms with Gasteiger partial charge < -0.3 is 4.57 Å². The zero-order valence-electron chi connectivity index (χ0n) is 17.9. The van der Waals surface area contributed by atoms with Crippen molar-refractivity contribution in [2.45, 2.75) is 77.7 Å². The molecule has 0 spiro atoms. The fourth-order valence-corrected chi connectivity index (χ4v) is 8.70. The van der Waals surface area contributed by atoms with Crippen molar-refractivity contribution in [2.75, 3.05) is 0 Å². The van der Waals surface area contributed by atoms with E-state index in [1.165, 1.54) is 44.0 Å². The molecule has 0 amide bonds. The summed E-state index contributed by atoms with van der Waals surface area (Å²) in [7, 11) is 0. The van der Waals surface area contributed by atoms with Crippen molar-refractivity contribution in [1.82, 2.24) is 9.55 Å². The Bertz CT molecular complexity index is 963. The van der Waals surface area contributed by atoms with Crippen LogP contribution in [0.3, 0.4) is 0 Å². The van der Waals surface area contributed by atoms with Gasteiger partial charge in [0.15, 0.2) is 0 Å². The summed E-state index contributed by atoms with van der Waals surface area (Å²) in [6.07, 6.45) is 13.0. The predicted molar refractivity (Wildman–Crippen MR) is 116 cm³/mol. The average molecular weight is 391 g/mol. The Hall–Kier alpha value is -1.64. The lowest BCUT2D eigenvalue weighted by atomic mass is 9.45. The molecule has 7 unspecified atom stereocenters. The van der Waals surface area contributed by atoms with E-state index in [0.717, 1.165) is 42.5 Å². The summed E-state index contributed by atoms with van der Waals surface area (Å²) in [5, 5.41) is 0. The molecule has 4 aliphatic rings. The molecule has 0 aliphatic heterocycles. The van der Waals surface area contributed by atoms with Crippen LogP contribution in [0.5, 0.6) is 0 Å². The molecule has 1 heterocycles. The number of imidazole rings is 1. The highest BCUT2D eigenvalue weighted by atomic mass is 16.1. The normalized spacial score (nSPS) is 44.3. The van der Waals surface area contributed by atoms with Gasteiger partial charge in [0.25, 0.3) is 0 Å². The fraction of sp³-hybridized carbons (Fsp3) is 0.692. The Kier molecular flexibility index (Phi) is 3.87. The topological polar surface area (TPSA) is 34.9 Å². The second kappa shape index (κ2) is 6.18. The van der Waals surface area contributed by atoms with Gasteiger partial charge in [-0.1, -0.05) is 26.0 Å². The Morgan fingerprint density at radius 3 is 2.69 bits per heavy atom. The largest absolute Gasteiger partial charge is 0.327 e. The maximum absolute atomic E-state index is 12.1. The maximum Gasteiger partial charge on any atom is 0.133 e. The van der Waals surface area contributed by atoms with Gasteiger partial charge in [-0.05, 0) is 91.6 Å². The van der Waals surface area contributed by atoms with Gasteiger partial charge in [0.05, 0.1) is 17.4 Å². The number of ketones is 1. The molecule has 6 rings (SSSR count). The van der Waals surface area contributed by atoms with E-state index in [-0.39, 0.29) is 0 Å². The lowest BCUT2D eigenvalue weighted by Gasteiger charge is -2.60. The summed E-state index contributed by atoms with van der Waals surface area (Å²) in [6.45, 7) is 5.15. The maximum atomic E-state index is 12.1. The molecule has 4 aliphatic carbocycles. The SMILES string of the molecule is CC12CCC(=O)CC1CCC1C2CCC2(C)C1CCC2n1cnc2ccccc21. The molecule has 0 bridgehead atoms. The first-order valence-corrected chi connectivity index (χ1v) is 11.9. The number of carbonyl (C=O) groups excluding carboxylic acids is 1. The number of rotatable bonds is 1. The van der Waals surface area contributed by atoms with Gasteiger partial charge >= 0.3 is 0 Å². The van der Waals surface area contributed by atoms with E-state index in [4.69, 9.17) is 4.98 Å².